The monoisotopic (exact) mass is 262 g/mol. The smallest absolute Gasteiger partial charge is 0.246 e. The van der Waals surface area contributed by atoms with Crippen LogP contribution in [0.4, 0.5) is 10.1 Å². The Morgan fingerprint density at radius 3 is 2.59 bits per heavy atom. The van der Waals surface area contributed by atoms with Gasteiger partial charge in [-0.1, -0.05) is 6.92 Å². The first-order valence-electron chi connectivity index (χ1n) is 5.09. The second-order valence-corrected chi connectivity index (χ2v) is 5.32. The van der Waals surface area contributed by atoms with Crippen molar-refractivity contribution in [2.45, 2.75) is 11.8 Å². The number of sulfonamides is 1. The number of hydrogen-bond donors (Lipinski definition) is 2. The molecule has 0 radical (unpaired) electrons. The van der Waals surface area contributed by atoms with Gasteiger partial charge in [-0.2, -0.15) is 4.31 Å². The lowest BCUT2D eigenvalue weighted by Crippen LogP contribution is -2.33. The van der Waals surface area contributed by atoms with E-state index in [1.165, 1.54) is 6.07 Å². The highest BCUT2D eigenvalue weighted by Crippen LogP contribution is 2.20. The number of aliphatic hydroxyl groups is 1. The number of rotatable bonds is 5. The van der Waals surface area contributed by atoms with E-state index in [4.69, 9.17) is 10.8 Å². The van der Waals surface area contributed by atoms with Gasteiger partial charge in [0.25, 0.3) is 0 Å². The van der Waals surface area contributed by atoms with Crippen molar-refractivity contribution >= 4 is 15.7 Å². The molecule has 0 aromatic heterocycles. The number of nitrogens with zero attached hydrogens (tertiary/aromatic N) is 1. The molecule has 5 nitrogen and oxygen atoms in total. The van der Waals surface area contributed by atoms with Crippen molar-refractivity contribution < 1.29 is 17.9 Å². The fourth-order valence-electron chi connectivity index (χ4n) is 1.43. The maximum atomic E-state index is 13.5. The van der Waals surface area contributed by atoms with Crippen LogP contribution in [-0.4, -0.2) is 37.5 Å². The van der Waals surface area contributed by atoms with Crippen LogP contribution in [0.2, 0.25) is 0 Å². The minimum absolute atomic E-state index is 0.0668. The Bertz CT molecular complexity index is 490. The van der Waals surface area contributed by atoms with Crippen molar-refractivity contribution in [2.24, 2.45) is 0 Å². The van der Waals surface area contributed by atoms with Crippen LogP contribution in [0.15, 0.2) is 23.1 Å². The first-order valence-corrected chi connectivity index (χ1v) is 6.53. The van der Waals surface area contributed by atoms with E-state index in [1.54, 1.807) is 6.92 Å². The Morgan fingerprint density at radius 1 is 1.47 bits per heavy atom. The van der Waals surface area contributed by atoms with Crippen LogP contribution in [0.1, 0.15) is 6.92 Å². The van der Waals surface area contributed by atoms with Gasteiger partial charge in [0.1, 0.15) is 10.7 Å². The van der Waals surface area contributed by atoms with E-state index in [0.29, 0.717) is 0 Å². The van der Waals surface area contributed by atoms with Crippen molar-refractivity contribution in [3.05, 3.63) is 24.0 Å². The van der Waals surface area contributed by atoms with Gasteiger partial charge in [0.05, 0.1) is 6.61 Å². The number of nitrogens with two attached hydrogens (primary N) is 1. The molecule has 1 aromatic carbocycles. The van der Waals surface area contributed by atoms with Gasteiger partial charge in [-0.25, -0.2) is 12.8 Å². The van der Waals surface area contributed by atoms with Gasteiger partial charge in [-0.15, -0.1) is 0 Å². The minimum atomic E-state index is -3.92. The summed E-state index contributed by atoms with van der Waals surface area (Å²) >= 11 is 0. The van der Waals surface area contributed by atoms with Crippen molar-refractivity contribution in [2.75, 3.05) is 25.4 Å². The average molecular weight is 262 g/mol. The molecular weight excluding hydrogens is 247 g/mol. The molecule has 0 fully saturated rings. The quantitative estimate of drug-likeness (QED) is 0.753. The van der Waals surface area contributed by atoms with E-state index in [1.807, 2.05) is 0 Å². The first kappa shape index (κ1) is 13.9. The van der Waals surface area contributed by atoms with Gasteiger partial charge < -0.3 is 10.8 Å². The van der Waals surface area contributed by atoms with Crippen LogP contribution < -0.4 is 5.73 Å². The van der Waals surface area contributed by atoms with Gasteiger partial charge in [0.2, 0.25) is 10.0 Å². The Hall–Kier alpha value is -1.18. The molecule has 96 valence electrons. The lowest BCUT2D eigenvalue weighted by molar-refractivity contribution is 0.256. The molecule has 0 aliphatic rings. The largest absolute Gasteiger partial charge is 0.399 e. The average Bonchev–Trinajstić information content (AvgIpc) is 2.24. The molecule has 0 atom stereocenters. The predicted octanol–water partition coefficient (Wildman–Crippen LogP) is 0.411. The number of anilines is 1. The Kier molecular flexibility index (Phi) is 4.44. The zero-order chi connectivity index (χ0) is 13.1. The molecule has 1 aromatic rings. The summed E-state index contributed by atoms with van der Waals surface area (Å²) in [7, 11) is -3.92. The zero-order valence-corrected chi connectivity index (χ0v) is 10.2. The molecule has 7 heteroatoms. The predicted molar refractivity (Wildman–Crippen MR) is 62.3 cm³/mol. The molecule has 17 heavy (non-hydrogen) atoms. The summed E-state index contributed by atoms with van der Waals surface area (Å²) in [6.07, 6.45) is 0. The van der Waals surface area contributed by atoms with Crippen LogP contribution in [0.3, 0.4) is 0 Å². The number of benzene rings is 1. The molecule has 0 aliphatic carbocycles. The Balaban J connectivity index is 3.20. The molecule has 0 amide bonds. The normalized spacial score (nSPS) is 12.0. The molecule has 0 saturated carbocycles. The number of halogens is 1. The lowest BCUT2D eigenvalue weighted by atomic mass is 10.3. The summed E-state index contributed by atoms with van der Waals surface area (Å²) in [4.78, 5) is -0.429. The molecule has 0 aliphatic heterocycles. The molecule has 0 bridgehead atoms. The number of likely N-dealkylation sites (N-methyl/N-ethyl adjacent to an activating group) is 1. The third kappa shape index (κ3) is 2.93. The molecular formula is C10H15FN2O3S. The van der Waals surface area contributed by atoms with Crippen LogP contribution in [0.25, 0.3) is 0 Å². The topological polar surface area (TPSA) is 83.6 Å². The number of aliphatic hydroxyl groups excluding tert-OH is 1. The third-order valence-corrected chi connectivity index (χ3v) is 4.28. The first-order chi connectivity index (χ1) is 7.93. The molecule has 0 unspecified atom stereocenters. The standard InChI is InChI=1S/C10H15FN2O3S/c1-2-13(5-6-14)17(15,16)10-4-3-8(12)7-9(10)11/h3-4,7,14H,2,5-6,12H2,1H3. The summed E-state index contributed by atoms with van der Waals surface area (Å²) in [5.41, 5.74) is 5.51. The van der Waals surface area contributed by atoms with E-state index < -0.39 is 20.7 Å². The Labute approximate surface area is 99.7 Å². The maximum absolute atomic E-state index is 13.5. The SMILES string of the molecule is CCN(CCO)S(=O)(=O)c1ccc(N)cc1F. The molecule has 0 heterocycles. The van der Waals surface area contributed by atoms with E-state index in [0.717, 1.165) is 16.4 Å². The van der Waals surface area contributed by atoms with E-state index in [-0.39, 0.29) is 25.4 Å². The van der Waals surface area contributed by atoms with E-state index in [2.05, 4.69) is 0 Å². The number of nitrogen functional groups attached to an aromatic ring is 1. The van der Waals surface area contributed by atoms with Crippen LogP contribution in [-0.2, 0) is 10.0 Å². The second-order valence-electron chi connectivity index (χ2n) is 3.41. The molecule has 0 saturated heterocycles. The third-order valence-electron chi connectivity index (χ3n) is 2.28. The lowest BCUT2D eigenvalue weighted by Gasteiger charge is -2.19. The highest BCUT2D eigenvalue weighted by atomic mass is 32.2. The summed E-state index contributed by atoms with van der Waals surface area (Å²) in [6, 6.07) is 3.41. The van der Waals surface area contributed by atoms with Crippen LogP contribution >= 0.6 is 0 Å². The van der Waals surface area contributed by atoms with Crippen LogP contribution in [0.5, 0.6) is 0 Å². The minimum Gasteiger partial charge on any atom is -0.399 e. The van der Waals surface area contributed by atoms with Gasteiger partial charge in [0.15, 0.2) is 0 Å². The number of hydrogen-bond acceptors (Lipinski definition) is 4. The van der Waals surface area contributed by atoms with Crippen LogP contribution in [0, 0.1) is 5.82 Å². The van der Waals surface area contributed by atoms with E-state index in [9.17, 15) is 12.8 Å². The van der Waals surface area contributed by atoms with Crippen molar-refractivity contribution in [3.63, 3.8) is 0 Å². The van der Waals surface area contributed by atoms with Crippen molar-refractivity contribution in [1.82, 2.24) is 4.31 Å². The summed E-state index contributed by atoms with van der Waals surface area (Å²) in [6.45, 7) is 1.39. The van der Waals surface area contributed by atoms with E-state index >= 15 is 0 Å². The highest BCUT2D eigenvalue weighted by molar-refractivity contribution is 7.89. The fraction of sp³-hybridized carbons (Fsp3) is 0.400. The van der Waals surface area contributed by atoms with Crippen molar-refractivity contribution in [1.29, 1.82) is 0 Å². The molecule has 3 N–H and O–H groups in total. The van der Waals surface area contributed by atoms with Gasteiger partial charge >= 0.3 is 0 Å². The zero-order valence-electron chi connectivity index (χ0n) is 9.43. The summed E-state index contributed by atoms with van der Waals surface area (Å²) in [5.74, 6) is -0.888. The molecule has 0 spiro atoms. The maximum Gasteiger partial charge on any atom is 0.246 e. The van der Waals surface area contributed by atoms with Crippen molar-refractivity contribution in [3.8, 4) is 0 Å². The van der Waals surface area contributed by atoms with Gasteiger partial charge in [0, 0.05) is 18.8 Å². The van der Waals surface area contributed by atoms with Gasteiger partial charge in [-0.3, -0.25) is 0 Å². The highest BCUT2D eigenvalue weighted by Gasteiger charge is 2.25. The fourth-order valence-corrected chi connectivity index (χ4v) is 2.91. The van der Waals surface area contributed by atoms with Gasteiger partial charge in [-0.05, 0) is 18.2 Å². The summed E-state index contributed by atoms with van der Waals surface area (Å²) < 4.78 is 38.6. The summed E-state index contributed by atoms with van der Waals surface area (Å²) in [5, 5.41) is 8.77. The second kappa shape index (κ2) is 5.44. The Morgan fingerprint density at radius 2 is 2.12 bits per heavy atom. The molecule has 1 rings (SSSR count).